The van der Waals surface area contributed by atoms with E-state index in [2.05, 4.69) is 5.32 Å². The maximum atomic E-state index is 13.2. The number of carbonyl (C=O) groups is 2. The van der Waals surface area contributed by atoms with Crippen LogP contribution < -0.4 is 14.8 Å². The van der Waals surface area contributed by atoms with Crippen molar-refractivity contribution in [1.82, 2.24) is 10.2 Å². The lowest BCUT2D eigenvalue weighted by atomic mass is 9.76. The minimum Gasteiger partial charge on any atom is -0.493 e. The molecule has 4 atom stereocenters. The van der Waals surface area contributed by atoms with Crippen LogP contribution >= 0.6 is 0 Å². The SMILES string of the molecule is COc1cc(CO)cc2c1OC1C2C(C(=O)NCCO)=CC(N(C(C)=O)C2CCCCC2)C1O. The van der Waals surface area contributed by atoms with Gasteiger partial charge in [-0.15, -0.1) is 0 Å². The van der Waals surface area contributed by atoms with Gasteiger partial charge in [0.2, 0.25) is 11.8 Å². The molecule has 0 spiro atoms. The largest absolute Gasteiger partial charge is 0.493 e. The van der Waals surface area contributed by atoms with Crippen molar-refractivity contribution in [1.29, 1.82) is 0 Å². The van der Waals surface area contributed by atoms with Crippen molar-refractivity contribution >= 4 is 11.8 Å². The van der Waals surface area contributed by atoms with E-state index in [0.29, 0.717) is 28.2 Å². The third kappa shape index (κ3) is 4.39. The molecule has 4 rings (SSSR count). The van der Waals surface area contributed by atoms with Crippen LogP contribution in [0, 0.1) is 0 Å². The van der Waals surface area contributed by atoms with Gasteiger partial charge in [0.25, 0.3) is 0 Å². The first-order chi connectivity index (χ1) is 16.4. The number of aliphatic hydroxyl groups excluding tert-OH is 3. The summed E-state index contributed by atoms with van der Waals surface area (Å²) in [7, 11) is 1.49. The molecule has 1 fully saturated rings. The molecule has 0 radical (unpaired) electrons. The van der Waals surface area contributed by atoms with Crippen LogP contribution in [0.1, 0.15) is 56.1 Å². The third-order valence-electron chi connectivity index (χ3n) is 7.15. The van der Waals surface area contributed by atoms with Crippen LogP contribution in [0.15, 0.2) is 23.8 Å². The molecule has 9 heteroatoms. The van der Waals surface area contributed by atoms with Crippen LogP contribution in [0.25, 0.3) is 0 Å². The normalized spacial score (nSPS) is 26.1. The minimum atomic E-state index is -1.07. The van der Waals surface area contributed by atoms with E-state index in [9.17, 15) is 24.9 Å². The molecule has 4 unspecified atom stereocenters. The number of hydrogen-bond acceptors (Lipinski definition) is 7. The Morgan fingerprint density at radius 2 is 1.94 bits per heavy atom. The summed E-state index contributed by atoms with van der Waals surface area (Å²) in [4.78, 5) is 27.7. The molecule has 9 nitrogen and oxygen atoms in total. The highest BCUT2D eigenvalue weighted by atomic mass is 16.5. The molecule has 2 aliphatic carbocycles. The van der Waals surface area contributed by atoms with Crippen LogP contribution in [0.5, 0.6) is 11.5 Å². The van der Waals surface area contributed by atoms with E-state index in [1.807, 2.05) is 0 Å². The van der Waals surface area contributed by atoms with Crippen LogP contribution in [-0.4, -0.2) is 76.6 Å². The topological polar surface area (TPSA) is 129 Å². The lowest BCUT2D eigenvalue weighted by molar-refractivity contribution is -0.139. The predicted octanol–water partition coefficient (Wildman–Crippen LogP) is 0.991. The van der Waals surface area contributed by atoms with Crippen LogP contribution in [0.4, 0.5) is 0 Å². The van der Waals surface area contributed by atoms with Gasteiger partial charge in [-0.1, -0.05) is 19.3 Å². The number of hydrogen-bond donors (Lipinski definition) is 4. The zero-order chi connectivity index (χ0) is 24.4. The third-order valence-corrected chi connectivity index (χ3v) is 7.15. The number of benzene rings is 1. The van der Waals surface area contributed by atoms with E-state index in [4.69, 9.17) is 9.47 Å². The number of rotatable bonds is 7. The second-order valence-electron chi connectivity index (χ2n) is 9.24. The van der Waals surface area contributed by atoms with Crippen molar-refractivity contribution in [2.45, 2.75) is 75.8 Å². The Balaban J connectivity index is 1.80. The summed E-state index contributed by atoms with van der Waals surface area (Å²) < 4.78 is 11.7. The van der Waals surface area contributed by atoms with Gasteiger partial charge in [0.15, 0.2) is 11.5 Å². The van der Waals surface area contributed by atoms with Gasteiger partial charge >= 0.3 is 0 Å². The van der Waals surface area contributed by atoms with Crippen molar-refractivity contribution in [3.63, 3.8) is 0 Å². The quantitative estimate of drug-likeness (QED) is 0.464. The highest BCUT2D eigenvalue weighted by molar-refractivity contribution is 5.96. The van der Waals surface area contributed by atoms with Gasteiger partial charge in [-0.05, 0) is 36.6 Å². The predicted molar refractivity (Wildman–Crippen MR) is 123 cm³/mol. The van der Waals surface area contributed by atoms with Gasteiger partial charge in [-0.2, -0.15) is 0 Å². The number of ether oxygens (including phenoxy) is 2. The van der Waals surface area contributed by atoms with Gasteiger partial charge in [-0.25, -0.2) is 0 Å². The Bertz CT molecular complexity index is 957. The lowest BCUT2D eigenvalue weighted by Crippen LogP contribution is -2.58. The Morgan fingerprint density at radius 3 is 2.56 bits per heavy atom. The first-order valence-corrected chi connectivity index (χ1v) is 12.0. The van der Waals surface area contributed by atoms with E-state index in [-0.39, 0.29) is 31.7 Å². The summed E-state index contributed by atoms with van der Waals surface area (Å²) in [6.07, 6.45) is 4.66. The number of carbonyl (C=O) groups excluding carboxylic acids is 2. The first-order valence-electron chi connectivity index (χ1n) is 12.0. The maximum absolute atomic E-state index is 13.2. The molecule has 0 saturated heterocycles. The minimum absolute atomic E-state index is 0.0141. The Morgan fingerprint density at radius 1 is 1.21 bits per heavy atom. The average molecular weight is 475 g/mol. The zero-order valence-electron chi connectivity index (χ0n) is 19.7. The number of methoxy groups -OCH3 is 1. The Kier molecular flexibility index (Phi) is 7.45. The molecule has 3 aliphatic rings. The zero-order valence-corrected chi connectivity index (χ0v) is 19.7. The fourth-order valence-electron chi connectivity index (χ4n) is 5.66. The molecule has 1 aliphatic heterocycles. The Hall–Kier alpha value is -2.62. The van der Waals surface area contributed by atoms with Crippen LogP contribution in [0.3, 0.4) is 0 Å². The Labute approximate surface area is 199 Å². The molecule has 0 aromatic heterocycles. The van der Waals surface area contributed by atoms with Gasteiger partial charge < -0.3 is 35.0 Å². The van der Waals surface area contributed by atoms with Crippen LogP contribution in [0.2, 0.25) is 0 Å². The highest BCUT2D eigenvalue weighted by Gasteiger charge is 2.52. The van der Waals surface area contributed by atoms with Crippen molar-refractivity contribution in [2.24, 2.45) is 0 Å². The summed E-state index contributed by atoms with van der Waals surface area (Å²) in [6, 6.07) is 2.68. The monoisotopic (exact) mass is 474 g/mol. The number of nitrogens with zero attached hydrogens (tertiary/aromatic N) is 1. The summed E-state index contributed by atoms with van der Waals surface area (Å²) in [5, 5.41) is 33.2. The molecule has 34 heavy (non-hydrogen) atoms. The van der Waals surface area contributed by atoms with Crippen LogP contribution in [-0.2, 0) is 16.2 Å². The second kappa shape index (κ2) is 10.3. The van der Waals surface area contributed by atoms with Crippen molar-refractivity contribution in [3.8, 4) is 11.5 Å². The highest BCUT2D eigenvalue weighted by Crippen LogP contribution is 2.51. The smallest absolute Gasteiger partial charge is 0.247 e. The fraction of sp³-hybridized carbons (Fsp3) is 0.600. The molecule has 1 saturated carbocycles. The second-order valence-corrected chi connectivity index (χ2v) is 9.24. The number of nitrogens with one attached hydrogen (secondary N) is 1. The van der Waals surface area contributed by atoms with E-state index < -0.39 is 30.1 Å². The van der Waals surface area contributed by atoms with Gasteiger partial charge in [0.1, 0.15) is 12.2 Å². The first kappa shape index (κ1) is 24.5. The molecule has 0 bridgehead atoms. The van der Waals surface area contributed by atoms with Crippen molar-refractivity contribution < 1.29 is 34.4 Å². The van der Waals surface area contributed by atoms with Gasteiger partial charge in [-0.3, -0.25) is 9.59 Å². The average Bonchev–Trinajstić information content (AvgIpc) is 3.24. The molecule has 1 aromatic rings. The summed E-state index contributed by atoms with van der Waals surface area (Å²) in [6.45, 7) is 1.14. The van der Waals surface area contributed by atoms with Gasteiger partial charge in [0.05, 0.1) is 32.3 Å². The van der Waals surface area contributed by atoms with Crippen molar-refractivity contribution in [2.75, 3.05) is 20.3 Å². The van der Waals surface area contributed by atoms with Gasteiger partial charge in [0, 0.05) is 30.6 Å². The summed E-state index contributed by atoms with van der Waals surface area (Å²) in [5.74, 6) is -0.331. The maximum Gasteiger partial charge on any atom is 0.247 e. The summed E-state index contributed by atoms with van der Waals surface area (Å²) >= 11 is 0. The molecular weight excluding hydrogens is 440 g/mol. The standard InChI is InChI=1S/C25H34N2O7/c1-14(30)27(16-6-4-3-5-7-16)19-12-18(25(32)26-8-9-28)21-17-10-15(13-29)11-20(33-2)23(17)34-24(21)22(19)31/h10-12,16,19,21-22,24,28-29,31H,3-9,13H2,1-2H3,(H,26,32). The molecule has 186 valence electrons. The number of fused-ring (bicyclic) bond motifs is 3. The summed E-state index contributed by atoms with van der Waals surface area (Å²) in [5.41, 5.74) is 1.61. The molecule has 1 heterocycles. The van der Waals surface area contributed by atoms with E-state index in [1.54, 1.807) is 23.1 Å². The molecular formula is C25H34N2O7. The van der Waals surface area contributed by atoms with E-state index >= 15 is 0 Å². The molecule has 1 aromatic carbocycles. The molecule has 4 N–H and O–H groups in total. The van der Waals surface area contributed by atoms with Crippen molar-refractivity contribution in [3.05, 3.63) is 34.9 Å². The number of aliphatic hydroxyl groups is 3. The molecule has 2 amide bonds. The fourth-order valence-corrected chi connectivity index (χ4v) is 5.66. The van der Waals surface area contributed by atoms with E-state index in [1.165, 1.54) is 14.0 Å². The lowest BCUT2D eigenvalue weighted by Gasteiger charge is -2.44. The number of amides is 2. The van der Waals surface area contributed by atoms with E-state index in [0.717, 1.165) is 32.1 Å².